The molecule has 0 aromatic carbocycles. The van der Waals surface area contributed by atoms with Gasteiger partial charge in [-0.2, -0.15) is 10.2 Å². The summed E-state index contributed by atoms with van der Waals surface area (Å²) in [5.74, 6) is -0.0870. The molecule has 0 aliphatic heterocycles. The third-order valence-electron chi connectivity index (χ3n) is 3.65. The first kappa shape index (κ1) is 16.5. The molecule has 0 fully saturated rings. The van der Waals surface area contributed by atoms with Crippen molar-refractivity contribution in [1.29, 1.82) is 0 Å². The number of carbonyl (C=O) groups excluding carboxylic acids is 2. The molecule has 0 aliphatic carbocycles. The lowest BCUT2D eigenvalue weighted by Crippen LogP contribution is -2.27. The molecule has 9 heteroatoms. The van der Waals surface area contributed by atoms with Crippen molar-refractivity contribution < 1.29 is 14.0 Å². The van der Waals surface area contributed by atoms with E-state index < -0.39 is 0 Å². The van der Waals surface area contributed by atoms with E-state index >= 15 is 0 Å². The van der Waals surface area contributed by atoms with Crippen molar-refractivity contribution in [3.8, 4) is 0 Å². The number of hydrogen-bond acceptors (Lipinski definition) is 5. The van der Waals surface area contributed by atoms with E-state index in [9.17, 15) is 9.59 Å². The van der Waals surface area contributed by atoms with Gasteiger partial charge in [-0.1, -0.05) is 0 Å². The Morgan fingerprint density at radius 2 is 2.08 bits per heavy atom. The first-order valence-corrected chi connectivity index (χ1v) is 7.76. The Hall–Kier alpha value is -3.36. The highest BCUT2D eigenvalue weighted by Gasteiger charge is 2.20. The summed E-state index contributed by atoms with van der Waals surface area (Å²) in [6, 6.07) is 5.12. The van der Waals surface area contributed by atoms with Gasteiger partial charge in [0.25, 0.3) is 11.8 Å². The minimum absolute atomic E-state index is 0.243. The van der Waals surface area contributed by atoms with Crippen LogP contribution >= 0.6 is 0 Å². The maximum atomic E-state index is 12.5. The van der Waals surface area contributed by atoms with E-state index in [0.29, 0.717) is 23.7 Å². The summed E-state index contributed by atoms with van der Waals surface area (Å²) in [6.07, 6.45) is 4.53. The van der Waals surface area contributed by atoms with Crippen LogP contribution < -0.4 is 10.6 Å². The van der Waals surface area contributed by atoms with Gasteiger partial charge < -0.3 is 15.1 Å². The molecule has 0 bridgehead atoms. The van der Waals surface area contributed by atoms with Crippen LogP contribution in [0.25, 0.3) is 0 Å². The van der Waals surface area contributed by atoms with E-state index in [1.807, 2.05) is 6.92 Å². The largest absolute Gasteiger partial charge is 0.467 e. The quantitative estimate of drug-likeness (QED) is 0.704. The molecule has 3 aromatic heterocycles. The minimum Gasteiger partial charge on any atom is -0.467 e. The molecule has 0 saturated carbocycles. The molecule has 130 valence electrons. The molecular weight excluding hydrogens is 324 g/mol. The molecule has 3 rings (SSSR count). The first-order chi connectivity index (χ1) is 12.1. The monoisotopic (exact) mass is 342 g/mol. The number of aryl methyl sites for hydroxylation is 2. The Kier molecular flexibility index (Phi) is 4.64. The van der Waals surface area contributed by atoms with Gasteiger partial charge in [0.1, 0.15) is 17.1 Å². The van der Waals surface area contributed by atoms with Gasteiger partial charge in [-0.3, -0.25) is 19.0 Å². The topological polar surface area (TPSA) is 107 Å². The molecule has 3 heterocycles. The molecule has 0 spiro atoms. The molecule has 25 heavy (non-hydrogen) atoms. The summed E-state index contributed by atoms with van der Waals surface area (Å²) >= 11 is 0. The first-order valence-electron chi connectivity index (χ1n) is 7.76. The van der Waals surface area contributed by atoms with Crippen LogP contribution in [0.5, 0.6) is 0 Å². The minimum atomic E-state index is -0.365. The van der Waals surface area contributed by atoms with Crippen molar-refractivity contribution in [2.75, 3.05) is 5.32 Å². The van der Waals surface area contributed by atoms with Gasteiger partial charge in [0, 0.05) is 19.8 Å². The molecule has 0 atom stereocenters. The molecule has 9 nitrogen and oxygen atoms in total. The van der Waals surface area contributed by atoms with Crippen molar-refractivity contribution in [3.63, 3.8) is 0 Å². The van der Waals surface area contributed by atoms with E-state index in [1.165, 1.54) is 17.1 Å². The lowest BCUT2D eigenvalue weighted by atomic mass is 10.3. The highest BCUT2D eigenvalue weighted by Crippen LogP contribution is 2.16. The predicted molar refractivity (Wildman–Crippen MR) is 88.9 cm³/mol. The van der Waals surface area contributed by atoms with Crippen molar-refractivity contribution in [3.05, 3.63) is 54.0 Å². The van der Waals surface area contributed by atoms with Crippen molar-refractivity contribution in [2.45, 2.75) is 20.0 Å². The number of aromatic nitrogens is 4. The Morgan fingerprint density at radius 1 is 1.24 bits per heavy atom. The Balaban J connectivity index is 1.74. The number of furan rings is 1. The summed E-state index contributed by atoms with van der Waals surface area (Å²) in [5, 5.41) is 13.6. The van der Waals surface area contributed by atoms with E-state index in [4.69, 9.17) is 4.42 Å². The lowest BCUT2D eigenvalue weighted by Gasteiger charge is -2.09. The highest BCUT2D eigenvalue weighted by molar-refractivity contribution is 6.07. The Bertz CT molecular complexity index is 878. The lowest BCUT2D eigenvalue weighted by molar-refractivity contribution is 0.0939. The molecule has 2 amide bonds. The fraction of sp³-hybridized carbons (Fsp3) is 0.250. The molecular formula is C16H18N6O3. The number of nitrogens with zero attached hydrogens (tertiary/aromatic N) is 4. The molecule has 2 N–H and O–H groups in total. The van der Waals surface area contributed by atoms with Crippen LogP contribution in [-0.4, -0.2) is 31.4 Å². The molecule has 3 aromatic rings. The van der Waals surface area contributed by atoms with Crippen LogP contribution in [0.3, 0.4) is 0 Å². The normalized spacial score (nSPS) is 10.6. The second-order valence-corrected chi connectivity index (χ2v) is 5.28. The van der Waals surface area contributed by atoms with Gasteiger partial charge in [-0.15, -0.1) is 0 Å². The summed E-state index contributed by atoms with van der Waals surface area (Å²) in [6.45, 7) is 2.70. The maximum Gasteiger partial charge on any atom is 0.274 e. The van der Waals surface area contributed by atoms with E-state index in [0.717, 1.165) is 0 Å². The highest BCUT2D eigenvalue weighted by atomic mass is 16.3. The zero-order valence-electron chi connectivity index (χ0n) is 13.9. The zero-order valence-corrected chi connectivity index (χ0v) is 13.9. The summed E-state index contributed by atoms with van der Waals surface area (Å²) in [7, 11) is 1.63. The number of hydrogen-bond donors (Lipinski definition) is 2. The maximum absolute atomic E-state index is 12.5. The fourth-order valence-corrected chi connectivity index (χ4v) is 2.43. The van der Waals surface area contributed by atoms with Gasteiger partial charge in [-0.25, -0.2) is 0 Å². The third kappa shape index (κ3) is 3.44. The number of amides is 2. The number of rotatable bonds is 6. The van der Waals surface area contributed by atoms with E-state index in [-0.39, 0.29) is 24.1 Å². The average molecular weight is 342 g/mol. The van der Waals surface area contributed by atoms with Crippen molar-refractivity contribution in [2.24, 2.45) is 7.05 Å². The van der Waals surface area contributed by atoms with Crippen LogP contribution in [0.15, 0.2) is 41.3 Å². The summed E-state index contributed by atoms with van der Waals surface area (Å²) in [4.78, 5) is 24.9. The SMILES string of the molecule is CCn1nccc1C(=O)Nc1cnn(C)c1C(=O)NCc1ccco1. The van der Waals surface area contributed by atoms with Crippen LogP contribution in [0.1, 0.15) is 33.7 Å². The molecule has 0 radical (unpaired) electrons. The second kappa shape index (κ2) is 7.04. The van der Waals surface area contributed by atoms with Crippen molar-refractivity contribution >= 4 is 17.5 Å². The average Bonchev–Trinajstić information content (AvgIpc) is 3.33. The van der Waals surface area contributed by atoms with Gasteiger partial charge in [-0.05, 0) is 25.1 Å². The fourth-order valence-electron chi connectivity index (χ4n) is 2.43. The Labute approximate surface area is 143 Å². The number of anilines is 1. The zero-order chi connectivity index (χ0) is 17.8. The summed E-state index contributed by atoms with van der Waals surface area (Å²) < 4.78 is 8.16. The predicted octanol–water partition coefficient (Wildman–Crippen LogP) is 1.41. The van der Waals surface area contributed by atoms with Gasteiger partial charge in [0.05, 0.1) is 24.7 Å². The van der Waals surface area contributed by atoms with Crippen LogP contribution in [0, 0.1) is 0 Å². The summed E-state index contributed by atoms with van der Waals surface area (Å²) in [5.41, 5.74) is 0.990. The molecule has 0 saturated heterocycles. The van der Waals surface area contributed by atoms with Crippen LogP contribution in [0.2, 0.25) is 0 Å². The van der Waals surface area contributed by atoms with Crippen LogP contribution in [0.4, 0.5) is 5.69 Å². The third-order valence-corrected chi connectivity index (χ3v) is 3.65. The standard InChI is InChI=1S/C16H18N6O3/c1-3-22-13(6-7-18-22)15(23)20-12-10-19-21(2)14(12)16(24)17-9-11-5-4-8-25-11/h4-8,10H,3,9H2,1-2H3,(H,17,24)(H,20,23). The van der Waals surface area contributed by atoms with Crippen molar-refractivity contribution in [1.82, 2.24) is 24.9 Å². The van der Waals surface area contributed by atoms with Gasteiger partial charge in [0.15, 0.2) is 0 Å². The number of nitrogens with one attached hydrogen (secondary N) is 2. The van der Waals surface area contributed by atoms with Gasteiger partial charge >= 0.3 is 0 Å². The smallest absolute Gasteiger partial charge is 0.274 e. The van der Waals surface area contributed by atoms with Crippen LogP contribution in [-0.2, 0) is 20.1 Å². The van der Waals surface area contributed by atoms with E-state index in [1.54, 1.807) is 36.1 Å². The van der Waals surface area contributed by atoms with E-state index in [2.05, 4.69) is 20.8 Å². The number of carbonyl (C=O) groups is 2. The Morgan fingerprint density at radius 3 is 2.80 bits per heavy atom. The second-order valence-electron chi connectivity index (χ2n) is 5.28. The van der Waals surface area contributed by atoms with Gasteiger partial charge in [0.2, 0.25) is 0 Å². The molecule has 0 unspecified atom stereocenters. The molecule has 0 aliphatic rings.